The molecular formula is C35H39N5O2. The molecule has 0 radical (unpaired) electrons. The lowest BCUT2D eigenvalue weighted by Gasteiger charge is -2.43. The molecular weight excluding hydrogens is 522 g/mol. The van der Waals surface area contributed by atoms with Crippen molar-refractivity contribution in [1.29, 1.82) is 0 Å². The second-order valence-electron chi connectivity index (χ2n) is 11.4. The van der Waals surface area contributed by atoms with E-state index < -0.39 is 11.6 Å². The summed E-state index contributed by atoms with van der Waals surface area (Å²) in [6, 6.07) is 26.1. The summed E-state index contributed by atoms with van der Waals surface area (Å²) in [5.41, 5.74) is 4.93. The van der Waals surface area contributed by atoms with Crippen LogP contribution in [0.5, 0.6) is 0 Å². The maximum Gasteiger partial charge on any atom is 0.240 e. The van der Waals surface area contributed by atoms with Crippen molar-refractivity contribution in [3.63, 3.8) is 0 Å². The Balaban J connectivity index is 1.12. The zero-order chi connectivity index (χ0) is 28.8. The normalized spacial score (nSPS) is 14.9. The third-order valence-corrected chi connectivity index (χ3v) is 8.65. The molecule has 1 aliphatic rings. The largest absolute Gasteiger partial charge is 0.361 e. The van der Waals surface area contributed by atoms with Crippen LogP contribution in [0.15, 0.2) is 91.3 Å². The maximum absolute atomic E-state index is 13.6. The van der Waals surface area contributed by atoms with Gasteiger partial charge < -0.3 is 20.6 Å². The first-order valence-electron chi connectivity index (χ1n) is 15.1. The summed E-state index contributed by atoms with van der Waals surface area (Å²) in [7, 11) is 0. The lowest BCUT2D eigenvalue weighted by Crippen LogP contribution is -2.66. The summed E-state index contributed by atoms with van der Waals surface area (Å²) in [4.78, 5) is 33.9. The van der Waals surface area contributed by atoms with Crippen molar-refractivity contribution in [2.75, 3.05) is 13.1 Å². The number of aryl methyl sites for hydroxylation is 1. The average Bonchev–Trinajstić information content (AvgIpc) is 3.61. The van der Waals surface area contributed by atoms with Gasteiger partial charge in [0.1, 0.15) is 0 Å². The smallest absolute Gasteiger partial charge is 0.240 e. The summed E-state index contributed by atoms with van der Waals surface area (Å²) in [5.74, 6) is -0.0828. The molecule has 5 N–H and O–H groups in total. The monoisotopic (exact) mass is 561 g/mol. The Labute approximate surface area is 246 Å². The molecule has 0 spiro atoms. The van der Waals surface area contributed by atoms with Crippen molar-refractivity contribution in [3.8, 4) is 0 Å². The minimum absolute atomic E-state index is 0.0191. The molecule has 3 aromatic carbocycles. The van der Waals surface area contributed by atoms with E-state index in [0.717, 1.165) is 60.5 Å². The van der Waals surface area contributed by atoms with Gasteiger partial charge in [-0.05, 0) is 73.8 Å². The van der Waals surface area contributed by atoms with Gasteiger partial charge in [0.25, 0.3) is 0 Å². The maximum atomic E-state index is 13.6. The molecule has 6 rings (SSSR count). The molecule has 2 aromatic heterocycles. The van der Waals surface area contributed by atoms with E-state index in [1.807, 2.05) is 60.9 Å². The fraction of sp³-hybridized carbons (Fsp3) is 0.314. The Morgan fingerprint density at radius 3 is 2.07 bits per heavy atom. The first kappa shape index (κ1) is 27.8. The highest BCUT2D eigenvalue weighted by Crippen LogP contribution is 2.33. The highest BCUT2D eigenvalue weighted by molar-refractivity contribution is 5.90. The zero-order valence-electron chi connectivity index (χ0n) is 23.9. The minimum Gasteiger partial charge on any atom is -0.361 e. The SMILES string of the molecule is O=C(NCCCc1ccccc1)[C@H](Cc1c[nH]c2ccccc12)NC1(C(=O)NCCc2c[nH]c3ccccc23)CCC1. The van der Waals surface area contributed by atoms with Crippen molar-refractivity contribution >= 4 is 33.6 Å². The van der Waals surface area contributed by atoms with Crippen LogP contribution in [0.2, 0.25) is 0 Å². The van der Waals surface area contributed by atoms with E-state index in [2.05, 4.69) is 56.3 Å². The van der Waals surface area contributed by atoms with Crippen molar-refractivity contribution in [2.45, 2.75) is 56.5 Å². The second kappa shape index (κ2) is 12.7. The second-order valence-corrected chi connectivity index (χ2v) is 11.4. The van der Waals surface area contributed by atoms with Crippen LogP contribution in [-0.4, -0.2) is 46.5 Å². The van der Waals surface area contributed by atoms with E-state index >= 15 is 0 Å². The lowest BCUT2D eigenvalue weighted by atomic mass is 9.75. The van der Waals surface area contributed by atoms with Gasteiger partial charge in [0.15, 0.2) is 0 Å². The number of nitrogens with one attached hydrogen (secondary N) is 5. The van der Waals surface area contributed by atoms with Crippen LogP contribution in [0, 0.1) is 0 Å². The number of fused-ring (bicyclic) bond motifs is 2. The molecule has 1 saturated carbocycles. The van der Waals surface area contributed by atoms with Crippen molar-refractivity contribution in [2.24, 2.45) is 0 Å². The third-order valence-electron chi connectivity index (χ3n) is 8.65. The molecule has 216 valence electrons. The van der Waals surface area contributed by atoms with E-state index in [1.165, 1.54) is 16.5 Å². The number of aromatic amines is 2. The molecule has 0 saturated heterocycles. The molecule has 0 unspecified atom stereocenters. The standard InChI is InChI=1S/C35H39N5O2/c41-33(36-20-8-12-25-10-2-1-3-11-25)32(22-27-24-39-31-16-7-5-14-29(27)31)40-35(18-9-19-35)34(42)37-21-17-26-23-38-30-15-6-4-13-28(26)30/h1-7,10-11,13-16,23-24,32,38-40H,8-9,12,17-22H2,(H,36,41)(H,37,42)/t32-/m0/s1. The Morgan fingerprint density at radius 2 is 1.38 bits per heavy atom. The van der Waals surface area contributed by atoms with Crippen molar-refractivity contribution in [3.05, 3.63) is 108 Å². The topological polar surface area (TPSA) is 102 Å². The first-order chi connectivity index (χ1) is 20.6. The number of carbonyl (C=O) groups excluding carboxylic acids is 2. The number of H-pyrrole nitrogens is 2. The van der Waals surface area contributed by atoms with Gasteiger partial charge in [0.05, 0.1) is 11.6 Å². The van der Waals surface area contributed by atoms with E-state index in [9.17, 15) is 9.59 Å². The number of rotatable bonds is 13. The number of amides is 2. The van der Waals surface area contributed by atoms with Crippen molar-refractivity contribution < 1.29 is 9.59 Å². The quantitative estimate of drug-likeness (QED) is 0.128. The Hall–Kier alpha value is -4.36. The Bertz CT molecular complexity index is 1650. The van der Waals surface area contributed by atoms with Gasteiger partial charge in [-0.3, -0.25) is 14.9 Å². The van der Waals surface area contributed by atoms with Gasteiger partial charge in [-0.1, -0.05) is 66.7 Å². The Kier molecular flexibility index (Phi) is 8.38. The Morgan fingerprint density at radius 1 is 0.738 bits per heavy atom. The average molecular weight is 562 g/mol. The fourth-order valence-corrected chi connectivity index (χ4v) is 6.12. The molecule has 7 nitrogen and oxygen atoms in total. The molecule has 5 aromatic rings. The zero-order valence-corrected chi connectivity index (χ0v) is 23.9. The molecule has 1 fully saturated rings. The van der Waals surface area contributed by atoms with Crippen LogP contribution in [-0.2, 0) is 28.9 Å². The van der Waals surface area contributed by atoms with Gasteiger partial charge >= 0.3 is 0 Å². The van der Waals surface area contributed by atoms with Crippen LogP contribution in [0.1, 0.15) is 42.4 Å². The lowest BCUT2D eigenvalue weighted by molar-refractivity contribution is -0.133. The predicted octanol–water partition coefficient (Wildman–Crippen LogP) is 5.18. The van der Waals surface area contributed by atoms with Gasteiger partial charge in [-0.2, -0.15) is 0 Å². The minimum atomic E-state index is -0.738. The fourth-order valence-electron chi connectivity index (χ4n) is 6.12. The van der Waals surface area contributed by atoms with Gasteiger partial charge in [0.2, 0.25) is 11.8 Å². The molecule has 2 amide bonds. The summed E-state index contributed by atoms with van der Waals surface area (Å²) >= 11 is 0. The highest BCUT2D eigenvalue weighted by Gasteiger charge is 2.46. The summed E-state index contributed by atoms with van der Waals surface area (Å²) in [6.45, 7) is 1.13. The van der Waals surface area contributed by atoms with Crippen molar-refractivity contribution in [1.82, 2.24) is 25.9 Å². The summed E-state index contributed by atoms with van der Waals surface area (Å²) < 4.78 is 0. The summed E-state index contributed by atoms with van der Waals surface area (Å²) in [6.07, 6.45) is 9.41. The number of benzene rings is 3. The molecule has 0 bridgehead atoms. The molecule has 42 heavy (non-hydrogen) atoms. The molecule has 1 aliphatic carbocycles. The van der Waals surface area contributed by atoms with Gasteiger partial charge in [0, 0.05) is 47.3 Å². The number of hydrogen-bond acceptors (Lipinski definition) is 3. The predicted molar refractivity (Wildman–Crippen MR) is 168 cm³/mol. The van der Waals surface area contributed by atoms with E-state index in [1.54, 1.807) is 0 Å². The molecule has 1 atom stereocenters. The van der Waals surface area contributed by atoms with Crippen LogP contribution in [0.25, 0.3) is 21.8 Å². The third kappa shape index (κ3) is 6.11. The molecule has 7 heteroatoms. The number of hydrogen-bond donors (Lipinski definition) is 5. The van der Waals surface area contributed by atoms with Gasteiger partial charge in [-0.15, -0.1) is 0 Å². The van der Waals surface area contributed by atoms with Crippen LogP contribution in [0.3, 0.4) is 0 Å². The molecule has 0 aliphatic heterocycles. The van der Waals surface area contributed by atoms with E-state index in [0.29, 0.717) is 19.5 Å². The van der Waals surface area contributed by atoms with Crippen LogP contribution >= 0.6 is 0 Å². The number of aromatic nitrogens is 2. The van der Waals surface area contributed by atoms with E-state index in [-0.39, 0.29) is 11.8 Å². The summed E-state index contributed by atoms with van der Waals surface area (Å²) in [5, 5.41) is 12.2. The van der Waals surface area contributed by atoms with E-state index in [4.69, 9.17) is 0 Å². The number of para-hydroxylation sites is 2. The van der Waals surface area contributed by atoms with Crippen LogP contribution < -0.4 is 16.0 Å². The number of carbonyl (C=O) groups is 2. The highest BCUT2D eigenvalue weighted by atomic mass is 16.2. The first-order valence-corrected chi connectivity index (χ1v) is 15.1. The van der Waals surface area contributed by atoms with Gasteiger partial charge in [-0.25, -0.2) is 0 Å². The van der Waals surface area contributed by atoms with Crippen LogP contribution in [0.4, 0.5) is 0 Å². The molecule has 2 heterocycles.